The molecule has 0 saturated heterocycles. The number of nitrogens with one attached hydrogen (secondary N) is 2. The molecule has 0 aliphatic carbocycles. The number of H-pyrrole nitrogens is 1. The third-order valence-electron chi connectivity index (χ3n) is 5.12. The molecule has 0 fully saturated rings. The zero-order valence-corrected chi connectivity index (χ0v) is 19.1. The van der Waals surface area contributed by atoms with Gasteiger partial charge in [-0.05, 0) is 61.7 Å². The Hall–Kier alpha value is -3.86. The van der Waals surface area contributed by atoms with Gasteiger partial charge in [-0.2, -0.15) is 10.4 Å². The first-order chi connectivity index (χ1) is 15.3. The molecule has 3 rings (SSSR count). The van der Waals surface area contributed by atoms with Gasteiger partial charge in [-0.1, -0.05) is 13.8 Å². The summed E-state index contributed by atoms with van der Waals surface area (Å²) in [7, 11) is 1.61. The third kappa shape index (κ3) is 5.24. The standard InChI is InChI=1S/C24H28N6O2/c1-15(2)14-30-16(3)10-19(17(30)4)11-20(12-25)24(31)26-13-22-27-23(29-28-22)18-6-8-21(32-5)9-7-18/h6-11,15H,13-14H2,1-5H3,(H,26,31)(H,27,28,29)/b20-11+. The van der Waals surface area contributed by atoms with Gasteiger partial charge in [-0.15, -0.1) is 0 Å². The summed E-state index contributed by atoms with van der Waals surface area (Å²) >= 11 is 0. The van der Waals surface area contributed by atoms with Gasteiger partial charge in [0, 0.05) is 23.5 Å². The molecule has 166 valence electrons. The topological polar surface area (TPSA) is 109 Å². The molecule has 2 heterocycles. The normalized spacial score (nSPS) is 11.5. The minimum Gasteiger partial charge on any atom is -0.497 e. The van der Waals surface area contributed by atoms with Crippen molar-refractivity contribution >= 4 is 12.0 Å². The molecular formula is C24H28N6O2. The van der Waals surface area contributed by atoms with Gasteiger partial charge < -0.3 is 14.6 Å². The van der Waals surface area contributed by atoms with E-state index in [9.17, 15) is 10.1 Å². The maximum atomic E-state index is 12.6. The minimum absolute atomic E-state index is 0.0460. The Bertz CT molecular complexity index is 1160. The lowest BCUT2D eigenvalue weighted by Gasteiger charge is -2.12. The second kappa shape index (κ2) is 9.96. The highest BCUT2D eigenvalue weighted by Gasteiger charge is 2.14. The fourth-order valence-corrected chi connectivity index (χ4v) is 3.43. The van der Waals surface area contributed by atoms with Crippen molar-refractivity contribution in [3.05, 3.63) is 58.7 Å². The average molecular weight is 433 g/mol. The number of rotatable bonds is 8. The molecule has 32 heavy (non-hydrogen) atoms. The number of hydrogen-bond donors (Lipinski definition) is 2. The molecule has 1 aromatic carbocycles. The van der Waals surface area contributed by atoms with Crippen molar-refractivity contribution in [2.75, 3.05) is 7.11 Å². The first kappa shape index (κ1) is 22.8. The number of ether oxygens (including phenoxy) is 1. The fourth-order valence-electron chi connectivity index (χ4n) is 3.43. The van der Waals surface area contributed by atoms with Crippen LogP contribution in [0.1, 0.15) is 36.6 Å². The second-order valence-corrected chi connectivity index (χ2v) is 8.02. The van der Waals surface area contributed by atoms with Crippen LogP contribution in [0.4, 0.5) is 0 Å². The van der Waals surface area contributed by atoms with Crippen molar-refractivity contribution < 1.29 is 9.53 Å². The van der Waals surface area contributed by atoms with Crippen LogP contribution in [0, 0.1) is 31.1 Å². The number of nitrogens with zero attached hydrogens (tertiary/aromatic N) is 4. The molecule has 8 heteroatoms. The summed E-state index contributed by atoms with van der Waals surface area (Å²) in [5.41, 5.74) is 3.89. The molecule has 0 unspecified atom stereocenters. The van der Waals surface area contributed by atoms with E-state index in [2.05, 4.69) is 38.9 Å². The van der Waals surface area contributed by atoms with Gasteiger partial charge in [0.25, 0.3) is 5.91 Å². The largest absolute Gasteiger partial charge is 0.497 e. The SMILES string of the molecule is COc1ccc(-c2n[nH]c(CNC(=O)/C(C#N)=C/c3cc(C)n(CC(C)C)c3C)n2)cc1. The summed E-state index contributed by atoms with van der Waals surface area (Å²) in [6, 6.07) is 11.4. The number of carbonyl (C=O) groups is 1. The molecule has 1 amide bonds. The molecule has 0 aliphatic rings. The number of aryl methyl sites for hydroxylation is 1. The quantitative estimate of drug-likeness (QED) is 0.416. The van der Waals surface area contributed by atoms with Crippen LogP contribution in [-0.4, -0.2) is 32.8 Å². The zero-order valence-electron chi connectivity index (χ0n) is 19.1. The first-order valence-electron chi connectivity index (χ1n) is 10.4. The van der Waals surface area contributed by atoms with Crippen molar-refractivity contribution in [3.63, 3.8) is 0 Å². The molecule has 8 nitrogen and oxygen atoms in total. The van der Waals surface area contributed by atoms with E-state index in [1.54, 1.807) is 13.2 Å². The Labute approximate surface area is 187 Å². The van der Waals surface area contributed by atoms with Gasteiger partial charge in [0.05, 0.1) is 13.7 Å². The molecule has 0 spiro atoms. The molecular weight excluding hydrogens is 404 g/mol. The van der Waals surface area contributed by atoms with Crippen molar-refractivity contribution in [3.8, 4) is 23.2 Å². The van der Waals surface area contributed by atoms with Gasteiger partial charge in [0.2, 0.25) is 0 Å². The highest BCUT2D eigenvalue weighted by molar-refractivity contribution is 6.01. The molecule has 2 N–H and O–H groups in total. The number of hydrogen-bond acceptors (Lipinski definition) is 5. The zero-order chi connectivity index (χ0) is 23.3. The van der Waals surface area contributed by atoms with Crippen LogP contribution < -0.4 is 10.1 Å². The lowest BCUT2D eigenvalue weighted by molar-refractivity contribution is -0.117. The summed E-state index contributed by atoms with van der Waals surface area (Å²) in [5, 5.41) is 19.3. The van der Waals surface area contributed by atoms with E-state index in [4.69, 9.17) is 4.74 Å². The van der Waals surface area contributed by atoms with E-state index >= 15 is 0 Å². The first-order valence-corrected chi connectivity index (χ1v) is 10.4. The molecule has 0 radical (unpaired) electrons. The molecule has 2 aromatic heterocycles. The number of amides is 1. The molecule has 0 aliphatic heterocycles. The van der Waals surface area contributed by atoms with E-state index in [-0.39, 0.29) is 12.1 Å². The van der Waals surface area contributed by atoms with E-state index in [1.807, 2.05) is 50.2 Å². The molecule has 0 bridgehead atoms. The van der Waals surface area contributed by atoms with Crippen LogP contribution in [-0.2, 0) is 17.9 Å². The minimum atomic E-state index is -0.455. The van der Waals surface area contributed by atoms with Gasteiger partial charge in [-0.25, -0.2) is 4.98 Å². The van der Waals surface area contributed by atoms with E-state index in [0.717, 1.165) is 34.8 Å². The van der Waals surface area contributed by atoms with E-state index in [0.29, 0.717) is 17.6 Å². The average Bonchev–Trinajstić information content (AvgIpc) is 3.36. The highest BCUT2D eigenvalue weighted by Crippen LogP contribution is 2.20. The van der Waals surface area contributed by atoms with Crippen molar-refractivity contribution in [2.24, 2.45) is 5.92 Å². The van der Waals surface area contributed by atoms with Crippen LogP contribution >= 0.6 is 0 Å². The Morgan fingerprint density at radius 2 is 2.03 bits per heavy atom. The van der Waals surface area contributed by atoms with Crippen LogP contribution in [0.3, 0.4) is 0 Å². The van der Waals surface area contributed by atoms with Gasteiger partial charge in [0.1, 0.15) is 23.2 Å². The monoisotopic (exact) mass is 432 g/mol. The second-order valence-electron chi connectivity index (χ2n) is 8.02. The van der Waals surface area contributed by atoms with Crippen LogP contribution in [0.5, 0.6) is 5.75 Å². The van der Waals surface area contributed by atoms with Gasteiger partial charge >= 0.3 is 0 Å². The number of methoxy groups -OCH3 is 1. The van der Waals surface area contributed by atoms with Gasteiger partial charge in [0.15, 0.2) is 5.82 Å². The Morgan fingerprint density at radius 3 is 2.66 bits per heavy atom. The highest BCUT2D eigenvalue weighted by atomic mass is 16.5. The Morgan fingerprint density at radius 1 is 1.31 bits per heavy atom. The van der Waals surface area contributed by atoms with E-state index < -0.39 is 5.91 Å². The maximum Gasteiger partial charge on any atom is 0.262 e. The molecule has 3 aromatic rings. The maximum absolute atomic E-state index is 12.6. The smallest absolute Gasteiger partial charge is 0.262 e. The van der Waals surface area contributed by atoms with Crippen LogP contribution in [0.15, 0.2) is 35.9 Å². The number of carbonyl (C=O) groups excluding carboxylic acids is 1. The van der Waals surface area contributed by atoms with Crippen LogP contribution in [0.2, 0.25) is 0 Å². The third-order valence-corrected chi connectivity index (χ3v) is 5.12. The fraction of sp³-hybridized carbons (Fsp3) is 0.333. The molecule has 0 saturated carbocycles. The summed E-state index contributed by atoms with van der Waals surface area (Å²) in [6.07, 6.45) is 1.64. The lowest BCUT2D eigenvalue weighted by Crippen LogP contribution is -2.24. The van der Waals surface area contributed by atoms with Crippen LogP contribution in [0.25, 0.3) is 17.5 Å². The van der Waals surface area contributed by atoms with Gasteiger partial charge in [-0.3, -0.25) is 9.89 Å². The Balaban J connectivity index is 1.69. The molecule has 0 atom stereocenters. The number of benzene rings is 1. The number of aromatic nitrogens is 4. The summed E-state index contributed by atoms with van der Waals surface area (Å²) in [6.45, 7) is 9.37. The van der Waals surface area contributed by atoms with Crippen molar-refractivity contribution in [1.82, 2.24) is 25.1 Å². The summed E-state index contributed by atoms with van der Waals surface area (Å²) in [4.78, 5) is 17.0. The Kier molecular flexibility index (Phi) is 7.11. The predicted octanol–water partition coefficient (Wildman–Crippen LogP) is 3.78. The predicted molar refractivity (Wildman–Crippen MR) is 123 cm³/mol. The summed E-state index contributed by atoms with van der Waals surface area (Å²) in [5.74, 6) is 1.81. The number of aromatic amines is 1. The summed E-state index contributed by atoms with van der Waals surface area (Å²) < 4.78 is 7.36. The van der Waals surface area contributed by atoms with E-state index in [1.165, 1.54) is 0 Å². The lowest BCUT2D eigenvalue weighted by atomic mass is 10.1. The number of nitriles is 1. The van der Waals surface area contributed by atoms with Crippen molar-refractivity contribution in [2.45, 2.75) is 40.8 Å². The van der Waals surface area contributed by atoms with Crippen molar-refractivity contribution in [1.29, 1.82) is 5.26 Å².